The Hall–Kier alpha value is -2.83. The topological polar surface area (TPSA) is 77.5 Å². The molecule has 3 rings (SSSR count). The van der Waals surface area contributed by atoms with Gasteiger partial charge in [-0.15, -0.1) is 0 Å². The molecular formula is C19H19ClN4O2. The number of para-hydroxylation sites is 1. The van der Waals surface area contributed by atoms with Crippen LogP contribution in [0.25, 0.3) is 5.70 Å². The van der Waals surface area contributed by atoms with Gasteiger partial charge in [0, 0.05) is 24.2 Å². The van der Waals surface area contributed by atoms with Crippen LogP contribution in [0.15, 0.2) is 66.3 Å². The minimum Gasteiger partial charge on any atom is -0.394 e. The summed E-state index contributed by atoms with van der Waals surface area (Å²) in [6.07, 6.45) is 5.08. The number of anilines is 1. The Bertz CT molecular complexity index is 865. The molecule has 26 heavy (non-hydrogen) atoms. The van der Waals surface area contributed by atoms with E-state index in [0.717, 1.165) is 5.56 Å². The molecule has 0 fully saturated rings. The maximum absolute atomic E-state index is 12.4. The monoisotopic (exact) mass is 370 g/mol. The Kier molecular flexibility index (Phi) is 5.55. The normalized spacial score (nSPS) is 14.0. The van der Waals surface area contributed by atoms with Crippen molar-refractivity contribution in [3.8, 4) is 0 Å². The van der Waals surface area contributed by atoms with Crippen LogP contribution in [0, 0.1) is 0 Å². The second-order valence-corrected chi connectivity index (χ2v) is 6.13. The number of halogens is 1. The fourth-order valence-corrected chi connectivity index (χ4v) is 2.89. The van der Waals surface area contributed by atoms with Crippen molar-refractivity contribution in [2.75, 3.05) is 18.5 Å². The number of rotatable bonds is 6. The number of ketones is 1. The van der Waals surface area contributed by atoms with Crippen LogP contribution in [-0.2, 0) is 4.79 Å². The second kappa shape index (κ2) is 8.03. The lowest BCUT2D eigenvalue weighted by Crippen LogP contribution is -2.40. The Morgan fingerprint density at radius 2 is 2.00 bits per heavy atom. The molecule has 0 spiro atoms. The molecule has 1 aliphatic rings. The summed E-state index contributed by atoms with van der Waals surface area (Å²) < 4.78 is 0. The minimum absolute atomic E-state index is 0.0398. The molecule has 2 heterocycles. The number of pyridine rings is 1. The number of carbonyl (C=O) groups is 1. The van der Waals surface area contributed by atoms with Crippen LogP contribution in [0.5, 0.6) is 0 Å². The molecule has 6 nitrogen and oxygen atoms in total. The Balaban J connectivity index is 2.09. The van der Waals surface area contributed by atoms with E-state index in [1.54, 1.807) is 29.7 Å². The third-order valence-corrected chi connectivity index (χ3v) is 4.19. The SMILES string of the molecule is CC(=O)C1=C(c2ccncc2)NN(CCO)C=C1Nc1ccccc1Cl. The van der Waals surface area contributed by atoms with E-state index in [4.69, 9.17) is 11.6 Å². The van der Waals surface area contributed by atoms with E-state index in [9.17, 15) is 9.90 Å². The number of nitrogens with zero attached hydrogens (tertiary/aromatic N) is 2. The summed E-state index contributed by atoms with van der Waals surface area (Å²) in [5.74, 6) is -0.0984. The number of nitrogens with one attached hydrogen (secondary N) is 2. The van der Waals surface area contributed by atoms with E-state index in [1.807, 2.05) is 30.3 Å². The third kappa shape index (κ3) is 3.87. The lowest BCUT2D eigenvalue weighted by molar-refractivity contribution is -0.113. The lowest BCUT2D eigenvalue weighted by atomic mass is 10.00. The first kappa shape index (κ1) is 18.0. The highest BCUT2D eigenvalue weighted by Gasteiger charge is 2.24. The van der Waals surface area contributed by atoms with Crippen molar-refractivity contribution in [2.45, 2.75) is 6.92 Å². The number of β-amino-alcohol motifs (C(OH)–C–C–N with tert-alkyl or cyclic N) is 1. The molecule has 0 saturated heterocycles. The summed E-state index contributed by atoms with van der Waals surface area (Å²) >= 11 is 6.25. The van der Waals surface area contributed by atoms with Crippen molar-refractivity contribution >= 4 is 28.8 Å². The molecule has 0 bridgehead atoms. The van der Waals surface area contributed by atoms with E-state index in [0.29, 0.717) is 34.2 Å². The Morgan fingerprint density at radius 1 is 1.27 bits per heavy atom. The van der Waals surface area contributed by atoms with Crippen LogP contribution in [-0.4, -0.2) is 34.0 Å². The maximum Gasteiger partial charge on any atom is 0.164 e. The zero-order valence-corrected chi connectivity index (χ0v) is 15.0. The maximum atomic E-state index is 12.4. The number of hydrazine groups is 1. The second-order valence-electron chi connectivity index (χ2n) is 5.72. The van der Waals surface area contributed by atoms with Crippen LogP contribution in [0.3, 0.4) is 0 Å². The van der Waals surface area contributed by atoms with Gasteiger partial charge in [0.05, 0.1) is 40.8 Å². The highest BCUT2D eigenvalue weighted by molar-refractivity contribution is 6.33. The summed E-state index contributed by atoms with van der Waals surface area (Å²) in [6, 6.07) is 11.0. The van der Waals surface area contributed by atoms with Crippen LogP contribution in [0.4, 0.5) is 5.69 Å². The van der Waals surface area contributed by atoms with Crippen molar-refractivity contribution in [1.29, 1.82) is 0 Å². The Labute approximate surface area is 156 Å². The summed E-state index contributed by atoms with van der Waals surface area (Å²) in [4.78, 5) is 16.5. The zero-order valence-electron chi connectivity index (χ0n) is 14.2. The molecule has 0 atom stereocenters. The first-order chi connectivity index (χ1) is 12.6. The predicted molar refractivity (Wildman–Crippen MR) is 102 cm³/mol. The molecule has 3 N–H and O–H groups in total. The molecule has 0 unspecified atom stereocenters. The quantitative estimate of drug-likeness (QED) is 0.725. The zero-order chi connectivity index (χ0) is 18.5. The van der Waals surface area contributed by atoms with Crippen LogP contribution < -0.4 is 10.7 Å². The molecule has 134 valence electrons. The van der Waals surface area contributed by atoms with Crippen LogP contribution in [0.1, 0.15) is 12.5 Å². The highest BCUT2D eigenvalue weighted by Crippen LogP contribution is 2.30. The fourth-order valence-electron chi connectivity index (χ4n) is 2.71. The Morgan fingerprint density at radius 3 is 2.65 bits per heavy atom. The number of hydrogen-bond acceptors (Lipinski definition) is 6. The van der Waals surface area contributed by atoms with Crippen LogP contribution in [0.2, 0.25) is 5.02 Å². The molecule has 2 aromatic rings. The van der Waals surface area contributed by atoms with Crippen molar-refractivity contribution < 1.29 is 9.90 Å². The van der Waals surface area contributed by atoms with Crippen LogP contribution >= 0.6 is 11.6 Å². The average Bonchev–Trinajstić information content (AvgIpc) is 2.64. The van der Waals surface area contributed by atoms with Gasteiger partial charge in [-0.1, -0.05) is 23.7 Å². The van der Waals surface area contributed by atoms with Gasteiger partial charge in [-0.2, -0.15) is 0 Å². The van der Waals surface area contributed by atoms with Crippen molar-refractivity contribution in [3.63, 3.8) is 0 Å². The number of Topliss-reactive ketones (excluding diaryl/α,β-unsaturated/α-hetero) is 1. The smallest absolute Gasteiger partial charge is 0.164 e. The van der Waals surface area contributed by atoms with E-state index in [-0.39, 0.29) is 12.4 Å². The summed E-state index contributed by atoms with van der Waals surface area (Å²) in [5, 5.41) is 14.8. The molecule has 0 amide bonds. The first-order valence-corrected chi connectivity index (χ1v) is 8.51. The molecule has 7 heteroatoms. The van der Waals surface area contributed by atoms with Gasteiger partial charge in [0.15, 0.2) is 5.78 Å². The van der Waals surface area contributed by atoms with Gasteiger partial charge in [0.1, 0.15) is 0 Å². The molecule has 1 aromatic heterocycles. The number of hydrogen-bond donors (Lipinski definition) is 3. The number of benzene rings is 1. The highest BCUT2D eigenvalue weighted by atomic mass is 35.5. The van der Waals surface area contributed by atoms with E-state index < -0.39 is 0 Å². The van der Waals surface area contributed by atoms with Gasteiger partial charge < -0.3 is 10.4 Å². The van der Waals surface area contributed by atoms with Gasteiger partial charge in [-0.3, -0.25) is 20.2 Å². The largest absolute Gasteiger partial charge is 0.394 e. The van der Waals surface area contributed by atoms with Gasteiger partial charge in [0.2, 0.25) is 0 Å². The molecule has 1 aromatic carbocycles. The van der Waals surface area contributed by atoms with Gasteiger partial charge >= 0.3 is 0 Å². The number of aromatic nitrogens is 1. The standard InChI is InChI=1S/C19H19ClN4O2/c1-13(26)18-17(22-16-5-3-2-4-15(16)20)12-24(10-11-25)23-19(18)14-6-8-21-9-7-14/h2-9,12,22-23,25H,10-11H2,1H3. The van der Waals surface area contributed by atoms with Crippen molar-refractivity contribution in [1.82, 2.24) is 15.4 Å². The van der Waals surface area contributed by atoms with E-state index >= 15 is 0 Å². The lowest BCUT2D eigenvalue weighted by Gasteiger charge is -2.32. The van der Waals surface area contributed by atoms with Crippen molar-refractivity contribution in [3.05, 3.63) is 76.8 Å². The summed E-state index contributed by atoms with van der Waals surface area (Å²) in [6.45, 7) is 1.83. The van der Waals surface area contributed by atoms with Gasteiger partial charge in [-0.25, -0.2) is 0 Å². The first-order valence-electron chi connectivity index (χ1n) is 8.13. The summed E-state index contributed by atoms with van der Waals surface area (Å²) in [7, 11) is 0. The minimum atomic E-state index is -0.0984. The number of carbonyl (C=O) groups excluding carboxylic acids is 1. The molecular weight excluding hydrogens is 352 g/mol. The number of allylic oxidation sites excluding steroid dienone is 1. The predicted octanol–water partition coefficient (Wildman–Crippen LogP) is 2.80. The average molecular weight is 371 g/mol. The van der Waals surface area contributed by atoms with Gasteiger partial charge in [-0.05, 0) is 31.2 Å². The van der Waals surface area contributed by atoms with Gasteiger partial charge in [0.25, 0.3) is 0 Å². The fraction of sp³-hybridized carbons (Fsp3) is 0.158. The molecule has 0 radical (unpaired) electrons. The number of aliphatic hydroxyl groups is 1. The van der Waals surface area contributed by atoms with Crippen molar-refractivity contribution in [2.24, 2.45) is 0 Å². The molecule has 1 aliphatic heterocycles. The third-order valence-electron chi connectivity index (χ3n) is 3.86. The number of aliphatic hydroxyl groups excluding tert-OH is 1. The molecule has 0 aliphatic carbocycles. The molecule has 0 saturated carbocycles. The summed E-state index contributed by atoms with van der Waals surface area (Å²) in [5.41, 5.74) is 6.45. The van der Waals surface area contributed by atoms with E-state index in [2.05, 4.69) is 15.7 Å². The van der Waals surface area contributed by atoms with E-state index in [1.165, 1.54) is 6.92 Å².